The summed E-state index contributed by atoms with van der Waals surface area (Å²) in [6, 6.07) is 9.87. The molecule has 1 aliphatic heterocycles. The molecule has 0 spiro atoms. The smallest absolute Gasteiger partial charge is 0.119 e. The Labute approximate surface area is 137 Å². The number of β-amino-alcohol motifs (C(OH)–C–C–N with tert-alkyl or cyclic N) is 1. The van der Waals surface area contributed by atoms with E-state index in [1.165, 1.54) is 0 Å². The third-order valence-electron chi connectivity index (χ3n) is 4.20. The number of benzene rings is 1. The van der Waals surface area contributed by atoms with Crippen LogP contribution in [-0.2, 0) is 6.42 Å². The van der Waals surface area contributed by atoms with Crippen LogP contribution in [-0.4, -0.2) is 52.3 Å². The molecule has 1 aromatic heterocycles. The summed E-state index contributed by atoms with van der Waals surface area (Å²) in [5.41, 5.74) is 0.950. The zero-order valence-corrected chi connectivity index (χ0v) is 13.2. The molecule has 1 N–H and O–H groups in total. The highest BCUT2D eigenvalue weighted by Crippen LogP contribution is 2.20. The molecule has 1 aromatic carbocycles. The van der Waals surface area contributed by atoms with Gasteiger partial charge < -0.3 is 14.7 Å². The highest BCUT2D eigenvalue weighted by molar-refractivity contribution is 5.20. The number of aliphatic hydroxyl groups is 1. The number of rotatable bonds is 7. The van der Waals surface area contributed by atoms with Gasteiger partial charge in [-0.05, 0) is 25.0 Å². The molecule has 2 aromatic rings. The first-order valence-corrected chi connectivity index (χ1v) is 8.14. The van der Waals surface area contributed by atoms with Crippen molar-refractivity contribution in [2.75, 3.05) is 26.2 Å². The number of hydrogen-bond acceptors (Lipinski definition) is 5. The van der Waals surface area contributed by atoms with Gasteiger partial charge >= 0.3 is 0 Å². The molecule has 5 nitrogen and oxygen atoms in total. The number of hydrogen-bond donors (Lipinski definition) is 1. The summed E-state index contributed by atoms with van der Waals surface area (Å²) in [6.45, 7) is 3.28. The minimum Gasteiger partial charge on any atom is -0.494 e. The monoisotopic (exact) mass is 313 g/mol. The number of likely N-dealkylation sites (tertiary alicyclic amines) is 1. The van der Waals surface area contributed by atoms with E-state index in [1.54, 1.807) is 18.6 Å². The lowest BCUT2D eigenvalue weighted by atomic mass is 10.0. The van der Waals surface area contributed by atoms with Gasteiger partial charge in [0.15, 0.2) is 0 Å². The van der Waals surface area contributed by atoms with E-state index in [1.807, 2.05) is 30.3 Å². The molecule has 0 radical (unpaired) electrons. The predicted molar refractivity (Wildman–Crippen MR) is 88.2 cm³/mol. The predicted octanol–water partition coefficient (Wildman–Crippen LogP) is 1.78. The lowest BCUT2D eigenvalue weighted by molar-refractivity contribution is 0.140. The Bertz CT molecular complexity index is 579. The average molecular weight is 313 g/mol. The highest BCUT2D eigenvalue weighted by Gasteiger charge is 2.31. The fourth-order valence-corrected chi connectivity index (χ4v) is 3.02. The van der Waals surface area contributed by atoms with Crippen LogP contribution in [0.25, 0.3) is 0 Å². The topological polar surface area (TPSA) is 58.5 Å². The van der Waals surface area contributed by atoms with Crippen molar-refractivity contribution in [2.45, 2.75) is 18.9 Å². The Kier molecular flexibility index (Phi) is 5.56. The number of aromatic nitrogens is 2. The van der Waals surface area contributed by atoms with Gasteiger partial charge in [-0.15, -0.1) is 0 Å². The number of ether oxygens (including phenoxy) is 1. The Hall–Kier alpha value is -1.98. The van der Waals surface area contributed by atoms with Crippen molar-refractivity contribution in [3.05, 3.63) is 54.6 Å². The molecule has 2 heterocycles. The number of nitrogens with zero attached hydrogens (tertiary/aromatic N) is 3. The van der Waals surface area contributed by atoms with E-state index in [0.717, 1.165) is 43.9 Å². The summed E-state index contributed by atoms with van der Waals surface area (Å²) >= 11 is 0. The standard InChI is InChI=1S/C18H23N3O2/c22-18-14-21(9-4-10-23-17-5-2-1-3-6-17)13-15(18)11-16-12-19-7-8-20-16/h1-3,5-8,12,15,18,22H,4,9-11,13-14H2/t15-,18-/m1/s1. The second-order valence-corrected chi connectivity index (χ2v) is 6.00. The lowest BCUT2D eigenvalue weighted by Crippen LogP contribution is -2.24. The van der Waals surface area contributed by atoms with E-state index < -0.39 is 0 Å². The number of para-hydroxylation sites is 1. The molecule has 5 heteroatoms. The van der Waals surface area contributed by atoms with Crippen LogP contribution in [0.2, 0.25) is 0 Å². The molecule has 1 saturated heterocycles. The third-order valence-corrected chi connectivity index (χ3v) is 4.20. The van der Waals surface area contributed by atoms with Crippen molar-refractivity contribution in [1.82, 2.24) is 14.9 Å². The summed E-state index contributed by atoms with van der Waals surface area (Å²) in [5, 5.41) is 10.2. The molecular weight excluding hydrogens is 290 g/mol. The van der Waals surface area contributed by atoms with E-state index in [-0.39, 0.29) is 12.0 Å². The summed E-state index contributed by atoms with van der Waals surface area (Å²) in [7, 11) is 0. The van der Waals surface area contributed by atoms with E-state index in [0.29, 0.717) is 6.61 Å². The molecule has 0 unspecified atom stereocenters. The van der Waals surface area contributed by atoms with Crippen LogP contribution in [0.15, 0.2) is 48.9 Å². The van der Waals surface area contributed by atoms with E-state index in [9.17, 15) is 5.11 Å². The Morgan fingerprint density at radius 3 is 2.83 bits per heavy atom. The highest BCUT2D eigenvalue weighted by atomic mass is 16.5. The molecule has 1 fully saturated rings. The maximum Gasteiger partial charge on any atom is 0.119 e. The van der Waals surface area contributed by atoms with Gasteiger partial charge in [-0.2, -0.15) is 0 Å². The third kappa shape index (κ3) is 4.74. The minimum atomic E-state index is -0.285. The first-order valence-electron chi connectivity index (χ1n) is 8.14. The van der Waals surface area contributed by atoms with Gasteiger partial charge in [-0.25, -0.2) is 0 Å². The van der Waals surface area contributed by atoms with Crippen molar-refractivity contribution in [2.24, 2.45) is 5.92 Å². The second kappa shape index (κ2) is 8.04. The van der Waals surface area contributed by atoms with Crippen molar-refractivity contribution in [1.29, 1.82) is 0 Å². The summed E-state index contributed by atoms with van der Waals surface area (Å²) in [6.07, 6.45) is 6.62. The van der Waals surface area contributed by atoms with Gasteiger partial charge in [0.05, 0.1) is 18.4 Å². The largest absolute Gasteiger partial charge is 0.494 e. The molecule has 0 aliphatic carbocycles. The molecule has 2 atom stereocenters. The van der Waals surface area contributed by atoms with Crippen LogP contribution in [0.5, 0.6) is 5.75 Å². The van der Waals surface area contributed by atoms with Crippen molar-refractivity contribution >= 4 is 0 Å². The van der Waals surface area contributed by atoms with Crippen LogP contribution < -0.4 is 4.74 Å². The molecule has 122 valence electrons. The summed E-state index contributed by atoms with van der Waals surface area (Å²) in [4.78, 5) is 10.7. The fraction of sp³-hybridized carbons (Fsp3) is 0.444. The molecule has 23 heavy (non-hydrogen) atoms. The normalized spacial score (nSPS) is 21.4. The maximum atomic E-state index is 10.2. The van der Waals surface area contributed by atoms with Gasteiger partial charge in [0.2, 0.25) is 0 Å². The molecule has 1 aliphatic rings. The zero-order valence-electron chi connectivity index (χ0n) is 13.2. The second-order valence-electron chi connectivity index (χ2n) is 6.00. The minimum absolute atomic E-state index is 0.238. The average Bonchev–Trinajstić information content (AvgIpc) is 2.93. The Balaban J connectivity index is 1.38. The van der Waals surface area contributed by atoms with Crippen LogP contribution >= 0.6 is 0 Å². The van der Waals surface area contributed by atoms with Crippen LogP contribution in [0, 0.1) is 5.92 Å². The van der Waals surface area contributed by atoms with Gasteiger partial charge in [-0.3, -0.25) is 9.97 Å². The molecular formula is C18H23N3O2. The number of aliphatic hydroxyl groups excluding tert-OH is 1. The van der Waals surface area contributed by atoms with Gasteiger partial charge in [0.25, 0.3) is 0 Å². The zero-order chi connectivity index (χ0) is 15.9. The summed E-state index contributed by atoms with van der Waals surface area (Å²) < 4.78 is 5.71. The van der Waals surface area contributed by atoms with Crippen LogP contribution in [0.1, 0.15) is 12.1 Å². The van der Waals surface area contributed by atoms with Crippen LogP contribution in [0.4, 0.5) is 0 Å². The fourth-order valence-electron chi connectivity index (χ4n) is 3.02. The van der Waals surface area contributed by atoms with Crippen molar-refractivity contribution in [3.63, 3.8) is 0 Å². The SMILES string of the molecule is O[C@@H]1CN(CCCOc2ccccc2)C[C@H]1Cc1cnccn1. The first kappa shape index (κ1) is 15.9. The van der Waals surface area contributed by atoms with Crippen molar-refractivity contribution < 1.29 is 9.84 Å². The van der Waals surface area contributed by atoms with E-state index >= 15 is 0 Å². The Morgan fingerprint density at radius 1 is 1.17 bits per heavy atom. The van der Waals surface area contributed by atoms with Crippen molar-refractivity contribution in [3.8, 4) is 5.75 Å². The molecule has 0 saturated carbocycles. The van der Waals surface area contributed by atoms with E-state index in [2.05, 4.69) is 14.9 Å². The molecule has 3 rings (SSSR count). The lowest BCUT2D eigenvalue weighted by Gasteiger charge is -2.15. The van der Waals surface area contributed by atoms with E-state index in [4.69, 9.17) is 4.74 Å². The summed E-state index contributed by atoms with van der Waals surface area (Å²) in [5.74, 6) is 1.15. The maximum absolute atomic E-state index is 10.2. The Morgan fingerprint density at radius 2 is 2.04 bits per heavy atom. The molecule has 0 amide bonds. The van der Waals surface area contributed by atoms with Gasteiger partial charge in [-0.1, -0.05) is 18.2 Å². The quantitative estimate of drug-likeness (QED) is 0.790. The van der Waals surface area contributed by atoms with Crippen LogP contribution in [0.3, 0.4) is 0 Å². The van der Waals surface area contributed by atoms with Gasteiger partial charge in [0.1, 0.15) is 5.75 Å². The first-order chi connectivity index (χ1) is 11.3. The molecule has 0 bridgehead atoms. The van der Waals surface area contributed by atoms with Gasteiger partial charge in [0, 0.05) is 44.1 Å².